The molecule has 1 aliphatic heterocycles. The van der Waals surface area contributed by atoms with Gasteiger partial charge in [-0.05, 0) is 42.0 Å². The van der Waals surface area contributed by atoms with Gasteiger partial charge in [-0.15, -0.1) is 0 Å². The van der Waals surface area contributed by atoms with Crippen LogP contribution in [0.15, 0.2) is 12.1 Å². The van der Waals surface area contributed by atoms with Crippen molar-refractivity contribution in [2.24, 2.45) is 11.8 Å². The zero-order valence-electron chi connectivity index (χ0n) is 16.1. The predicted octanol–water partition coefficient (Wildman–Crippen LogP) is 0.329. The van der Waals surface area contributed by atoms with Gasteiger partial charge in [-0.1, -0.05) is 0 Å². The number of hydroxylamine groups is 2. The van der Waals surface area contributed by atoms with Crippen molar-refractivity contribution in [2.45, 2.75) is 25.4 Å². The molecule has 0 aromatic heterocycles. The number of carbonyl (C=O) groups is 2. The van der Waals surface area contributed by atoms with Crippen molar-refractivity contribution in [3.05, 3.63) is 23.3 Å². The molecule has 29 heavy (non-hydrogen) atoms. The highest BCUT2D eigenvalue weighted by Crippen LogP contribution is 2.43. The van der Waals surface area contributed by atoms with Gasteiger partial charge in [-0.3, -0.25) is 14.8 Å². The Morgan fingerprint density at radius 2 is 1.93 bits per heavy atom. The number of carboxylic acid groups (broad SMARTS) is 1. The Morgan fingerprint density at radius 3 is 2.45 bits per heavy atom. The third-order valence-electron chi connectivity index (χ3n) is 5.56. The summed E-state index contributed by atoms with van der Waals surface area (Å²) in [4.78, 5) is 22.1. The number of nitrogens with zero attached hydrogens (tertiary/aromatic N) is 2. The number of benzene rings is 1. The molecule has 1 aromatic rings. The maximum atomic E-state index is 13.0. The minimum atomic E-state index is -3.86. The molecule has 3 atom stereocenters. The normalized spacial score (nSPS) is 22.3. The van der Waals surface area contributed by atoms with Crippen molar-refractivity contribution in [1.82, 2.24) is 9.37 Å². The summed E-state index contributed by atoms with van der Waals surface area (Å²) in [6.45, 7) is 0.349. The van der Waals surface area contributed by atoms with Crippen molar-refractivity contribution in [3.8, 4) is 11.5 Å². The first-order valence-corrected chi connectivity index (χ1v) is 10.7. The summed E-state index contributed by atoms with van der Waals surface area (Å²) in [5.74, 6) is -1.91. The number of methoxy groups -OCH3 is 2. The van der Waals surface area contributed by atoms with Crippen molar-refractivity contribution in [3.63, 3.8) is 0 Å². The summed E-state index contributed by atoms with van der Waals surface area (Å²) >= 11 is 0. The molecule has 1 aliphatic carbocycles. The molecule has 1 heterocycles. The molecule has 0 bridgehead atoms. The molecule has 1 amide bonds. The number of amides is 1. The van der Waals surface area contributed by atoms with Gasteiger partial charge in [0.05, 0.1) is 31.9 Å². The zero-order chi connectivity index (χ0) is 21.3. The van der Waals surface area contributed by atoms with Crippen LogP contribution >= 0.6 is 0 Å². The fourth-order valence-electron chi connectivity index (χ4n) is 3.81. The van der Waals surface area contributed by atoms with Crippen molar-refractivity contribution in [1.29, 1.82) is 0 Å². The molecule has 1 fully saturated rings. The second-order valence-corrected chi connectivity index (χ2v) is 9.25. The van der Waals surface area contributed by atoms with Crippen LogP contribution in [0.1, 0.15) is 17.5 Å². The lowest BCUT2D eigenvalue weighted by Crippen LogP contribution is -2.45. The Bertz CT molecular complexity index is 903. The van der Waals surface area contributed by atoms with Gasteiger partial charge in [0, 0.05) is 13.1 Å². The Balaban J connectivity index is 1.79. The number of sulfonamides is 1. The molecule has 1 aromatic carbocycles. The lowest BCUT2D eigenvalue weighted by molar-refractivity contribution is -0.161. The lowest BCUT2D eigenvalue weighted by Gasteiger charge is -2.31. The fraction of sp³-hybridized carbons (Fsp3) is 0.556. The van der Waals surface area contributed by atoms with E-state index in [9.17, 15) is 23.2 Å². The lowest BCUT2D eigenvalue weighted by atomic mass is 10.0. The molecule has 3 unspecified atom stereocenters. The third-order valence-corrected chi connectivity index (χ3v) is 7.42. The zero-order valence-corrected chi connectivity index (χ0v) is 17.0. The summed E-state index contributed by atoms with van der Waals surface area (Å²) in [7, 11) is -0.838. The predicted molar refractivity (Wildman–Crippen MR) is 100 cm³/mol. The highest BCUT2D eigenvalue weighted by atomic mass is 32.2. The van der Waals surface area contributed by atoms with E-state index in [4.69, 9.17) is 14.6 Å². The molecule has 0 radical (unpaired) electrons. The number of hydrogen-bond donors (Lipinski definition) is 2. The van der Waals surface area contributed by atoms with Gasteiger partial charge in [0.1, 0.15) is 0 Å². The van der Waals surface area contributed by atoms with Crippen molar-refractivity contribution in [2.75, 3.05) is 26.5 Å². The number of hydrogen-bond acceptors (Lipinski definition) is 7. The molecule has 160 valence electrons. The van der Waals surface area contributed by atoms with E-state index in [2.05, 4.69) is 0 Å². The maximum absolute atomic E-state index is 13.0. The van der Waals surface area contributed by atoms with E-state index in [0.717, 1.165) is 11.1 Å². The van der Waals surface area contributed by atoms with E-state index in [1.54, 1.807) is 6.07 Å². The minimum Gasteiger partial charge on any atom is -0.493 e. The molecule has 0 saturated heterocycles. The van der Waals surface area contributed by atoms with Crippen molar-refractivity contribution < 1.29 is 37.8 Å². The van der Waals surface area contributed by atoms with Crippen LogP contribution in [0.25, 0.3) is 0 Å². The average Bonchev–Trinajstić information content (AvgIpc) is 3.50. The SMILES string of the molecule is COc1cc2c(cc1OC)CN(S(=O)(=O)CC(C1CC1C(=O)O)N(O)C=O)CC2. The van der Waals surface area contributed by atoms with Crippen LogP contribution in [0.5, 0.6) is 11.5 Å². The van der Waals surface area contributed by atoms with Gasteiger partial charge < -0.3 is 14.6 Å². The second kappa shape index (κ2) is 8.17. The first-order valence-electron chi connectivity index (χ1n) is 9.08. The molecule has 1 saturated carbocycles. The number of ether oxygens (including phenoxy) is 2. The van der Waals surface area contributed by atoms with Crippen molar-refractivity contribution >= 4 is 22.4 Å². The number of carboxylic acids is 1. The Labute approximate surface area is 168 Å². The molecule has 2 aliphatic rings. The van der Waals surface area contributed by atoms with E-state index >= 15 is 0 Å². The minimum absolute atomic E-state index is 0.111. The summed E-state index contributed by atoms with van der Waals surface area (Å²) in [5, 5.41) is 19.2. The first-order chi connectivity index (χ1) is 13.7. The summed E-state index contributed by atoms with van der Waals surface area (Å²) in [6.07, 6.45) is 0.803. The number of carbonyl (C=O) groups excluding carboxylic acids is 1. The molecular weight excluding hydrogens is 404 g/mol. The number of fused-ring (bicyclic) bond motifs is 1. The quantitative estimate of drug-likeness (QED) is 0.327. The van der Waals surface area contributed by atoms with Crippen LogP contribution in [-0.4, -0.2) is 73.0 Å². The van der Waals surface area contributed by atoms with E-state index in [1.807, 2.05) is 6.07 Å². The van der Waals surface area contributed by atoms with Gasteiger partial charge >= 0.3 is 5.97 Å². The Kier molecular flexibility index (Phi) is 6.01. The molecule has 0 spiro atoms. The molecule has 2 N–H and O–H groups in total. The van der Waals surface area contributed by atoms with Gasteiger partial charge in [-0.25, -0.2) is 13.5 Å². The standard InChI is InChI=1S/C18H24N2O8S/c1-27-16-5-11-3-4-19(8-12(11)6-17(16)28-2)29(25,26)9-15(20(24)10-21)13-7-14(13)18(22)23/h5-6,10,13-15,24H,3-4,7-9H2,1-2H3,(H,22,23). The number of rotatable bonds is 9. The second-order valence-electron chi connectivity index (χ2n) is 7.24. The topological polar surface area (TPSA) is 134 Å². The highest BCUT2D eigenvalue weighted by Gasteiger charge is 2.51. The van der Waals surface area contributed by atoms with Gasteiger partial charge in [0.25, 0.3) is 0 Å². The van der Waals surface area contributed by atoms with Crippen LogP contribution in [0.4, 0.5) is 0 Å². The molecular formula is C18H24N2O8S. The summed E-state index contributed by atoms with van der Waals surface area (Å²) in [6, 6.07) is 2.45. The fourth-order valence-corrected chi connectivity index (χ4v) is 5.56. The number of aliphatic carboxylic acids is 1. The van der Waals surface area contributed by atoms with E-state index in [1.165, 1.54) is 18.5 Å². The van der Waals surface area contributed by atoms with Crippen LogP contribution in [-0.2, 0) is 32.6 Å². The molecule has 3 rings (SSSR count). The van der Waals surface area contributed by atoms with Gasteiger partial charge in [-0.2, -0.15) is 4.31 Å². The largest absolute Gasteiger partial charge is 0.493 e. The van der Waals surface area contributed by atoms with Crippen LogP contribution in [0.2, 0.25) is 0 Å². The van der Waals surface area contributed by atoms with Gasteiger partial charge in [0.15, 0.2) is 11.5 Å². The van der Waals surface area contributed by atoms with Crippen LogP contribution < -0.4 is 9.47 Å². The van der Waals surface area contributed by atoms with E-state index < -0.39 is 39.6 Å². The average molecular weight is 428 g/mol. The molecule has 10 nitrogen and oxygen atoms in total. The summed E-state index contributed by atoms with van der Waals surface area (Å²) < 4.78 is 37.8. The van der Waals surface area contributed by atoms with Gasteiger partial charge in [0.2, 0.25) is 16.4 Å². The van der Waals surface area contributed by atoms with Crippen LogP contribution in [0, 0.1) is 11.8 Å². The smallest absolute Gasteiger partial charge is 0.306 e. The van der Waals surface area contributed by atoms with E-state index in [-0.39, 0.29) is 31.0 Å². The summed E-state index contributed by atoms with van der Waals surface area (Å²) in [5.41, 5.74) is 1.73. The third kappa shape index (κ3) is 4.31. The first kappa shape index (κ1) is 21.3. The maximum Gasteiger partial charge on any atom is 0.306 e. The Morgan fingerprint density at radius 1 is 1.31 bits per heavy atom. The van der Waals surface area contributed by atoms with Crippen LogP contribution in [0.3, 0.4) is 0 Å². The Hall–Kier alpha value is -2.37. The molecule has 11 heteroatoms. The van der Waals surface area contributed by atoms with E-state index in [0.29, 0.717) is 17.9 Å². The highest BCUT2D eigenvalue weighted by molar-refractivity contribution is 7.89. The monoisotopic (exact) mass is 428 g/mol.